The standard InChI is InChI=1S/C13H17N3O3/c1-2-18-13(17)16-7-5-15(6-8-16)11(10-14)12-4-3-9-19-12/h3-4,9,11H,2,5-8H2,1H3. The van der Waals surface area contributed by atoms with Gasteiger partial charge in [-0.1, -0.05) is 0 Å². The summed E-state index contributed by atoms with van der Waals surface area (Å²) in [4.78, 5) is 15.2. The number of carbonyl (C=O) groups excluding carboxylic acids is 1. The topological polar surface area (TPSA) is 69.7 Å². The maximum Gasteiger partial charge on any atom is 0.409 e. The first-order chi connectivity index (χ1) is 9.26. The van der Waals surface area contributed by atoms with Crippen LogP contribution in [0.2, 0.25) is 0 Å². The molecule has 0 aliphatic carbocycles. The van der Waals surface area contributed by atoms with Crippen LogP contribution in [0.5, 0.6) is 0 Å². The van der Waals surface area contributed by atoms with Gasteiger partial charge in [-0.2, -0.15) is 5.26 Å². The van der Waals surface area contributed by atoms with Crippen molar-refractivity contribution in [2.75, 3.05) is 32.8 Å². The van der Waals surface area contributed by atoms with E-state index in [-0.39, 0.29) is 12.1 Å². The van der Waals surface area contributed by atoms with E-state index < -0.39 is 0 Å². The van der Waals surface area contributed by atoms with Crippen molar-refractivity contribution in [3.05, 3.63) is 24.2 Å². The second-order valence-electron chi connectivity index (χ2n) is 4.27. The van der Waals surface area contributed by atoms with Gasteiger partial charge in [-0.25, -0.2) is 4.79 Å². The predicted molar refractivity (Wildman–Crippen MR) is 67.2 cm³/mol. The number of piperazine rings is 1. The van der Waals surface area contributed by atoms with Gasteiger partial charge in [0, 0.05) is 26.2 Å². The molecule has 1 fully saturated rings. The third-order valence-corrected chi connectivity index (χ3v) is 3.14. The average molecular weight is 263 g/mol. The summed E-state index contributed by atoms with van der Waals surface area (Å²) in [5, 5.41) is 9.25. The van der Waals surface area contributed by atoms with E-state index in [9.17, 15) is 10.1 Å². The third-order valence-electron chi connectivity index (χ3n) is 3.14. The highest BCUT2D eigenvalue weighted by Gasteiger charge is 2.28. The van der Waals surface area contributed by atoms with Gasteiger partial charge in [-0.05, 0) is 19.1 Å². The molecule has 1 unspecified atom stereocenters. The molecule has 1 aliphatic heterocycles. The van der Waals surface area contributed by atoms with E-state index in [1.165, 1.54) is 0 Å². The number of nitrogens with zero attached hydrogens (tertiary/aromatic N) is 3. The molecule has 0 aromatic carbocycles. The molecular weight excluding hydrogens is 246 g/mol. The quantitative estimate of drug-likeness (QED) is 0.828. The van der Waals surface area contributed by atoms with Gasteiger partial charge in [0.2, 0.25) is 0 Å². The number of carbonyl (C=O) groups is 1. The first-order valence-corrected chi connectivity index (χ1v) is 6.35. The van der Waals surface area contributed by atoms with Gasteiger partial charge in [-0.15, -0.1) is 0 Å². The van der Waals surface area contributed by atoms with Crippen molar-refractivity contribution in [1.29, 1.82) is 5.26 Å². The molecule has 0 N–H and O–H groups in total. The first kappa shape index (κ1) is 13.4. The van der Waals surface area contributed by atoms with Gasteiger partial charge in [0.25, 0.3) is 0 Å². The fourth-order valence-corrected chi connectivity index (χ4v) is 2.15. The van der Waals surface area contributed by atoms with Crippen LogP contribution in [0, 0.1) is 11.3 Å². The lowest BCUT2D eigenvalue weighted by molar-refractivity contribution is 0.0707. The van der Waals surface area contributed by atoms with Crippen LogP contribution in [-0.2, 0) is 4.74 Å². The fourth-order valence-electron chi connectivity index (χ4n) is 2.15. The van der Waals surface area contributed by atoms with Crippen molar-refractivity contribution in [2.45, 2.75) is 13.0 Å². The molecule has 2 heterocycles. The highest BCUT2D eigenvalue weighted by molar-refractivity contribution is 5.67. The van der Waals surface area contributed by atoms with Gasteiger partial charge in [-0.3, -0.25) is 4.90 Å². The minimum Gasteiger partial charge on any atom is -0.467 e. The molecule has 0 saturated carbocycles. The number of amides is 1. The summed E-state index contributed by atoms with van der Waals surface area (Å²) in [6, 6.07) is 5.42. The Bertz CT molecular complexity index is 444. The van der Waals surface area contributed by atoms with Gasteiger partial charge in [0.1, 0.15) is 5.76 Å². The summed E-state index contributed by atoms with van der Waals surface area (Å²) in [7, 11) is 0. The van der Waals surface area contributed by atoms with Crippen LogP contribution < -0.4 is 0 Å². The minimum absolute atomic E-state index is 0.284. The Kier molecular flexibility index (Phi) is 4.42. The van der Waals surface area contributed by atoms with Gasteiger partial charge < -0.3 is 14.1 Å². The molecule has 6 nitrogen and oxygen atoms in total. The lowest BCUT2D eigenvalue weighted by Crippen LogP contribution is -2.49. The smallest absolute Gasteiger partial charge is 0.409 e. The summed E-state index contributed by atoms with van der Waals surface area (Å²) in [6.45, 7) is 4.58. The van der Waals surface area contributed by atoms with Crippen molar-refractivity contribution in [3.63, 3.8) is 0 Å². The molecule has 1 saturated heterocycles. The number of nitriles is 1. The van der Waals surface area contributed by atoms with Gasteiger partial charge >= 0.3 is 6.09 Å². The van der Waals surface area contributed by atoms with E-state index in [1.54, 1.807) is 30.2 Å². The molecular formula is C13H17N3O3. The normalized spacial score (nSPS) is 17.8. The Morgan fingerprint density at radius 3 is 2.79 bits per heavy atom. The average Bonchev–Trinajstić information content (AvgIpc) is 2.95. The highest BCUT2D eigenvalue weighted by atomic mass is 16.6. The van der Waals surface area contributed by atoms with E-state index in [2.05, 4.69) is 6.07 Å². The Labute approximate surface area is 112 Å². The Morgan fingerprint density at radius 2 is 2.26 bits per heavy atom. The zero-order valence-corrected chi connectivity index (χ0v) is 10.9. The van der Waals surface area contributed by atoms with Crippen LogP contribution in [0.25, 0.3) is 0 Å². The molecule has 19 heavy (non-hydrogen) atoms. The largest absolute Gasteiger partial charge is 0.467 e. The van der Waals surface area contributed by atoms with Crippen LogP contribution in [0.15, 0.2) is 22.8 Å². The lowest BCUT2D eigenvalue weighted by Gasteiger charge is -2.35. The Morgan fingerprint density at radius 1 is 1.53 bits per heavy atom. The third kappa shape index (κ3) is 3.06. The van der Waals surface area contributed by atoms with Gasteiger partial charge in [0.05, 0.1) is 18.9 Å². The van der Waals surface area contributed by atoms with Crippen LogP contribution in [0.1, 0.15) is 18.7 Å². The molecule has 0 spiro atoms. The monoisotopic (exact) mass is 263 g/mol. The van der Waals surface area contributed by atoms with E-state index in [1.807, 2.05) is 4.90 Å². The summed E-state index contributed by atoms with van der Waals surface area (Å²) in [6.07, 6.45) is 1.28. The van der Waals surface area contributed by atoms with E-state index in [0.717, 1.165) is 0 Å². The zero-order valence-electron chi connectivity index (χ0n) is 10.9. The molecule has 1 atom stereocenters. The van der Waals surface area contributed by atoms with Crippen molar-refractivity contribution < 1.29 is 13.9 Å². The van der Waals surface area contributed by atoms with Crippen molar-refractivity contribution in [2.24, 2.45) is 0 Å². The Balaban J connectivity index is 1.92. The molecule has 1 amide bonds. The summed E-state index contributed by atoms with van der Waals surface area (Å²) >= 11 is 0. The fraction of sp³-hybridized carbons (Fsp3) is 0.538. The molecule has 0 bridgehead atoms. The minimum atomic E-state index is -0.389. The van der Waals surface area contributed by atoms with E-state index in [4.69, 9.17) is 9.15 Å². The lowest BCUT2D eigenvalue weighted by atomic mass is 10.2. The summed E-state index contributed by atoms with van der Waals surface area (Å²) in [5.74, 6) is 0.645. The number of furan rings is 1. The van der Waals surface area contributed by atoms with Crippen molar-refractivity contribution in [1.82, 2.24) is 9.80 Å². The second kappa shape index (κ2) is 6.25. The van der Waals surface area contributed by atoms with Crippen LogP contribution in [-0.4, -0.2) is 48.7 Å². The molecule has 1 aromatic rings. The number of hydrogen-bond acceptors (Lipinski definition) is 5. The predicted octanol–water partition coefficient (Wildman–Crippen LogP) is 1.62. The second-order valence-corrected chi connectivity index (χ2v) is 4.27. The van der Waals surface area contributed by atoms with Crippen LogP contribution in [0.3, 0.4) is 0 Å². The molecule has 6 heteroatoms. The molecule has 0 radical (unpaired) electrons. The van der Waals surface area contributed by atoms with Crippen LogP contribution in [0.4, 0.5) is 4.79 Å². The number of hydrogen-bond donors (Lipinski definition) is 0. The summed E-state index contributed by atoms with van der Waals surface area (Å²) in [5.41, 5.74) is 0. The van der Waals surface area contributed by atoms with Crippen LogP contribution >= 0.6 is 0 Å². The number of ether oxygens (including phenoxy) is 1. The molecule has 1 aromatic heterocycles. The van der Waals surface area contributed by atoms with E-state index in [0.29, 0.717) is 38.5 Å². The SMILES string of the molecule is CCOC(=O)N1CCN(C(C#N)c2ccco2)CC1. The zero-order chi connectivity index (χ0) is 13.7. The molecule has 2 rings (SSSR count). The summed E-state index contributed by atoms with van der Waals surface area (Å²) < 4.78 is 10.2. The van der Waals surface area contributed by atoms with Crippen molar-refractivity contribution in [3.8, 4) is 6.07 Å². The van der Waals surface area contributed by atoms with Crippen molar-refractivity contribution >= 4 is 6.09 Å². The maximum absolute atomic E-state index is 11.6. The Hall–Kier alpha value is -2.00. The van der Waals surface area contributed by atoms with Gasteiger partial charge in [0.15, 0.2) is 6.04 Å². The number of rotatable bonds is 3. The molecule has 1 aliphatic rings. The first-order valence-electron chi connectivity index (χ1n) is 6.35. The maximum atomic E-state index is 11.6. The molecule has 102 valence electrons. The van der Waals surface area contributed by atoms with E-state index >= 15 is 0 Å². The highest BCUT2D eigenvalue weighted by Crippen LogP contribution is 2.21.